The van der Waals surface area contributed by atoms with Gasteiger partial charge in [-0.3, -0.25) is 10.1 Å². The van der Waals surface area contributed by atoms with E-state index in [1.807, 2.05) is 18.2 Å². The Bertz CT molecular complexity index is 757. The molecule has 5 nitrogen and oxygen atoms in total. The van der Waals surface area contributed by atoms with Crippen molar-refractivity contribution in [2.75, 3.05) is 11.9 Å². The van der Waals surface area contributed by atoms with E-state index >= 15 is 0 Å². The number of rotatable bonds is 4. The summed E-state index contributed by atoms with van der Waals surface area (Å²) in [5.74, 6) is 0.214. The van der Waals surface area contributed by atoms with Crippen LogP contribution in [0.25, 0.3) is 0 Å². The van der Waals surface area contributed by atoms with Gasteiger partial charge < -0.3 is 10.1 Å². The number of carbonyl (C=O) groups excluding carboxylic acids is 1. The maximum atomic E-state index is 11.8. The number of benzene rings is 2. The van der Waals surface area contributed by atoms with Crippen LogP contribution in [-0.2, 0) is 4.79 Å². The summed E-state index contributed by atoms with van der Waals surface area (Å²) in [6.07, 6.45) is 0. The zero-order chi connectivity index (χ0) is 16.7. The molecule has 23 heavy (non-hydrogen) atoms. The van der Waals surface area contributed by atoms with Crippen LogP contribution in [-0.4, -0.2) is 17.6 Å². The van der Waals surface area contributed by atoms with Crippen LogP contribution in [0.1, 0.15) is 5.56 Å². The minimum atomic E-state index is -0.373. The van der Waals surface area contributed by atoms with Crippen molar-refractivity contribution < 1.29 is 9.53 Å². The number of thiocarbonyl (C=S) groups is 1. The first-order valence-electron chi connectivity index (χ1n) is 6.56. The summed E-state index contributed by atoms with van der Waals surface area (Å²) in [6, 6.07) is 16.0. The third kappa shape index (κ3) is 5.70. The van der Waals surface area contributed by atoms with E-state index < -0.39 is 0 Å². The quantitative estimate of drug-likeness (QED) is 0.785. The third-order valence-corrected chi connectivity index (χ3v) is 3.42. The number of anilines is 1. The Morgan fingerprint density at radius 2 is 2.00 bits per heavy atom. The Balaban J connectivity index is 1.81. The summed E-state index contributed by atoms with van der Waals surface area (Å²) in [6.45, 7) is -0.151. The summed E-state index contributed by atoms with van der Waals surface area (Å²) in [5, 5.41) is 14.3. The number of ether oxygens (including phenoxy) is 1. The molecule has 0 heterocycles. The van der Waals surface area contributed by atoms with Crippen molar-refractivity contribution in [2.24, 2.45) is 0 Å². The molecule has 0 unspecified atom stereocenters. The molecule has 0 saturated heterocycles. The van der Waals surface area contributed by atoms with Crippen molar-refractivity contribution in [3.63, 3.8) is 0 Å². The second-order valence-electron chi connectivity index (χ2n) is 4.44. The average Bonchev–Trinajstić information content (AvgIpc) is 2.54. The van der Waals surface area contributed by atoms with Gasteiger partial charge >= 0.3 is 0 Å². The molecule has 0 bridgehead atoms. The summed E-state index contributed by atoms with van der Waals surface area (Å²) in [5.41, 5.74) is 1.13. The fourth-order valence-electron chi connectivity index (χ4n) is 1.67. The van der Waals surface area contributed by atoms with Gasteiger partial charge in [-0.15, -0.1) is 0 Å². The molecule has 0 aliphatic carbocycles. The molecule has 0 fully saturated rings. The largest absolute Gasteiger partial charge is 0.484 e. The molecule has 0 radical (unpaired) electrons. The minimum Gasteiger partial charge on any atom is -0.484 e. The fraction of sp³-hybridized carbons (Fsp3) is 0.0625. The summed E-state index contributed by atoms with van der Waals surface area (Å²) in [7, 11) is 0. The molecule has 0 atom stereocenters. The molecule has 1 amide bonds. The number of nitrogens with one attached hydrogen (secondary N) is 2. The van der Waals surface area contributed by atoms with Crippen molar-refractivity contribution in [2.45, 2.75) is 0 Å². The van der Waals surface area contributed by atoms with Crippen LogP contribution in [0, 0.1) is 11.3 Å². The van der Waals surface area contributed by atoms with Crippen LogP contribution in [0.2, 0.25) is 0 Å². The zero-order valence-corrected chi connectivity index (χ0v) is 14.3. The second kappa shape index (κ2) is 8.27. The molecular weight excluding hydrogens is 378 g/mol. The maximum absolute atomic E-state index is 11.8. The first-order chi connectivity index (χ1) is 11.1. The van der Waals surface area contributed by atoms with E-state index in [4.69, 9.17) is 22.2 Å². The summed E-state index contributed by atoms with van der Waals surface area (Å²) in [4.78, 5) is 11.8. The first-order valence-corrected chi connectivity index (χ1v) is 7.76. The van der Waals surface area contributed by atoms with Gasteiger partial charge in [-0.25, -0.2) is 0 Å². The van der Waals surface area contributed by atoms with E-state index in [1.165, 1.54) is 0 Å². The van der Waals surface area contributed by atoms with E-state index in [9.17, 15) is 4.79 Å². The minimum absolute atomic E-state index is 0.143. The van der Waals surface area contributed by atoms with E-state index in [2.05, 4.69) is 26.6 Å². The molecular formula is C16H12BrN3O2S. The molecule has 0 aromatic heterocycles. The highest BCUT2D eigenvalue weighted by molar-refractivity contribution is 9.10. The van der Waals surface area contributed by atoms with Crippen molar-refractivity contribution in [1.82, 2.24) is 5.32 Å². The predicted octanol–water partition coefficient (Wildman–Crippen LogP) is 3.21. The Labute approximate surface area is 147 Å². The van der Waals surface area contributed by atoms with Crippen molar-refractivity contribution in [3.05, 3.63) is 58.6 Å². The smallest absolute Gasteiger partial charge is 0.264 e. The van der Waals surface area contributed by atoms with Gasteiger partial charge in [0.25, 0.3) is 5.91 Å². The van der Waals surface area contributed by atoms with Crippen LogP contribution in [0.15, 0.2) is 53.0 Å². The molecule has 0 aliphatic heterocycles. The highest BCUT2D eigenvalue weighted by Gasteiger charge is 2.06. The summed E-state index contributed by atoms with van der Waals surface area (Å²) < 4.78 is 6.28. The molecule has 2 aromatic carbocycles. The molecule has 2 rings (SSSR count). The van der Waals surface area contributed by atoms with Gasteiger partial charge in [-0.2, -0.15) is 5.26 Å². The lowest BCUT2D eigenvalue weighted by Gasteiger charge is -2.10. The summed E-state index contributed by atoms with van der Waals surface area (Å²) >= 11 is 8.37. The molecule has 0 saturated carbocycles. The van der Waals surface area contributed by atoms with Gasteiger partial charge in [-0.1, -0.05) is 22.0 Å². The average molecular weight is 390 g/mol. The van der Waals surface area contributed by atoms with E-state index in [-0.39, 0.29) is 17.6 Å². The lowest BCUT2D eigenvalue weighted by Crippen LogP contribution is -2.37. The monoisotopic (exact) mass is 389 g/mol. The van der Waals surface area contributed by atoms with Gasteiger partial charge in [0.2, 0.25) is 0 Å². The second-order valence-corrected chi connectivity index (χ2v) is 5.76. The van der Waals surface area contributed by atoms with E-state index in [0.717, 1.165) is 4.47 Å². The highest BCUT2D eigenvalue weighted by Crippen LogP contribution is 2.15. The van der Waals surface area contributed by atoms with Crippen molar-refractivity contribution in [1.29, 1.82) is 5.26 Å². The molecule has 2 aromatic rings. The number of nitrogens with zero attached hydrogens (tertiary/aromatic N) is 1. The van der Waals surface area contributed by atoms with Crippen LogP contribution < -0.4 is 15.4 Å². The van der Waals surface area contributed by atoms with Crippen molar-refractivity contribution >= 4 is 44.9 Å². The fourth-order valence-corrected chi connectivity index (χ4v) is 2.17. The lowest BCUT2D eigenvalue weighted by atomic mass is 10.2. The zero-order valence-electron chi connectivity index (χ0n) is 11.9. The predicted molar refractivity (Wildman–Crippen MR) is 95.2 cm³/mol. The molecule has 116 valence electrons. The molecule has 7 heteroatoms. The molecule has 2 N–H and O–H groups in total. The van der Waals surface area contributed by atoms with Crippen molar-refractivity contribution in [3.8, 4) is 11.8 Å². The Morgan fingerprint density at radius 3 is 2.70 bits per heavy atom. The van der Waals surface area contributed by atoms with E-state index in [0.29, 0.717) is 17.0 Å². The number of carbonyl (C=O) groups is 1. The maximum Gasteiger partial charge on any atom is 0.264 e. The Hall–Kier alpha value is -2.43. The van der Waals surface area contributed by atoms with Crippen LogP contribution in [0.4, 0.5) is 5.69 Å². The standard InChI is InChI=1S/C16H12BrN3O2S/c17-12-4-6-14(7-5-12)22-10-15(21)20-16(23)19-13-3-1-2-11(8-13)9-18/h1-8H,10H2,(H2,19,20,21,23). The number of hydrogen-bond acceptors (Lipinski definition) is 4. The van der Waals surface area contributed by atoms with Gasteiger partial charge in [0.1, 0.15) is 5.75 Å². The SMILES string of the molecule is N#Cc1cccc(NC(=S)NC(=O)COc2ccc(Br)cc2)c1. The highest BCUT2D eigenvalue weighted by atomic mass is 79.9. The lowest BCUT2D eigenvalue weighted by molar-refractivity contribution is -0.121. The third-order valence-electron chi connectivity index (χ3n) is 2.69. The van der Waals surface area contributed by atoms with Gasteiger partial charge in [0, 0.05) is 10.2 Å². The van der Waals surface area contributed by atoms with Crippen LogP contribution >= 0.6 is 28.1 Å². The number of hydrogen-bond donors (Lipinski definition) is 2. The van der Waals surface area contributed by atoms with Crippen LogP contribution in [0.3, 0.4) is 0 Å². The topological polar surface area (TPSA) is 74.2 Å². The number of amides is 1. The first kappa shape index (κ1) is 16.9. The van der Waals surface area contributed by atoms with Crippen LogP contribution in [0.5, 0.6) is 5.75 Å². The normalized spacial score (nSPS) is 9.57. The number of halogens is 1. The van der Waals surface area contributed by atoms with Gasteiger partial charge in [0.15, 0.2) is 11.7 Å². The van der Waals surface area contributed by atoms with E-state index in [1.54, 1.807) is 36.4 Å². The Kier molecular flexibility index (Phi) is 6.09. The van der Waals surface area contributed by atoms with Gasteiger partial charge in [0.05, 0.1) is 11.6 Å². The number of nitriles is 1. The molecule has 0 spiro atoms. The Morgan fingerprint density at radius 1 is 1.26 bits per heavy atom. The van der Waals surface area contributed by atoms with Gasteiger partial charge in [-0.05, 0) is 54.7 Å². The molecule has 0 aliphatic rings.